The smallest absolute Gasteiger partial charge is 0.0900 e. The van der Waals surface area contributed by atoms with Crippen LogP contribution in [0, 0.1) is 22.7 Å². The third-order valence-electron chi connectivity index (χ3n) is 6.94. The second kappa shape index (κ2) is 6.07. The predicted octanol–water partition coefficient (Wildman–Crippen LogP) is 3.31. The topological polar surface area (TPSA) is 32.7 Å². The third kappa shape index (κ3) is 3.09. The molecule has 128 valence electrons. The van der Waals surface area contributed by atoms with E-state index in [4.69, 9.17) is 4.74 Å². The van der Waals surface area contributed by atoms with E-state index in [2.05, 4.69) is 32.6 Å². The number of aliphatic hydroxyl groups is 1. The van der Waals surface area contributed by atoms with Crippen LogP contribution in [0.5, 0.6) is 0 Å². The molecule has 1 aliphatic heterocycles. The van der Waals surface area contributed by atoms with Gasteiger partial charge in [-0.1, -0.05) is 27.7 Å². The van der Waals surface area contributed by atoms with E-state index in [0.717, 1.165) is 31.5 Å². The van der Waals surface area contributed by atoms with Crippen LogP contribution in [0.15, 0.2) is 0 Å². The van der Waals surface area contributed by atoms with Gasteiger partial charge in [0.25, 0.3) is 0 Å². The molecular formula is C19H35NO2. The normalized spacial score (nSPS) is 40.2. The maximum absolute atomic E-state index is 10.4. The van der Waals surface area contributed by atoms with Crippen LogP contribution in [0.3, 0.4) is 0 Å². The van der Waals surface area contributed by atoms with E-state index < -0.39 is 0 Å². The van der Waals surface area contributed by atoms with Crippen molar-refractivity contribution in [3.05, 3.63) is 0 Å². The average Bonchev–Trinajstić information content (AvgIpc) is 2.92. The number of rotatable bonds is 5. The zero-order valence-electron chi connectivity index (χ0n) is 15.0. The van der Waals surface area contributed by atoms with E-state index in [-0.39, 0.29) is 11.5 Å². The maximum Gasteiger partial charge on any atom is 0.0900 e. The lowest BCUT2D eigenvalue weighted by Gasteiger charge is -2.42. The second-order valence-electron chi connectivity index (χ2n) is 9.27. The number of hydrogen-bond acceptors (Lipinski definition) is 3. The van der Waals surface area contributed by atoms with Crippen LogP contribution in [-0.4, -0.2) is 48.5 Å². The molecule has 0 radical (unpaired) electrons. The van der Waals surface area contributed by atoms with Gasteiger partial charge in [0, 0.05) is 6.54 Å². The summed E-state index contributed by atoms with van der Waals surface area (Å²) in [5.74, 6) is 1.66. The highest BCUT2D eigenvalue weighted by Gasteiger charge is 2.60. The van der Waals surface area contributed by atoms with Crippen LogP contribution >= 0.6 is 0 Å². The molecule has 2 saturated carbocycles. The molecule has 0 aromatic heterocycles. The SMILES string of the molecule is CC1CCN(C[C@@H](O)CO[C@H]2C(C)(C)[C@H]3CC[C@@]2(C)C3)CC1. The molecule has 0 unspecified atom stereocenters. The highest BCUT2D eigenvalue weighted by atomic mass is 16.5. The Balaban J connectivity index is 1.48. The summed E-state index contributed by atoms with van der Waals surface area (Å²) >= 11 is 0. The Labute approximate surface area is 136 Å². The largest absolute Gasteiger partial charge is 0.389 e. The van der Waals surface area contributed by atoms with E-state index in [1.807, 2.05) is 0 Å². The first-order chi connectivity index (χ1) is 10.3. The second-order valence-corrected chi connectivity index (χ2v) is 9.27. The lowest BCUT2D eigenvalue weighted by atomic mass is 9.70. The number of ether oxygens (including phenoxy) is 1. The molecule has 2 bridgehead atoms. The summed E-state index contributed by atoms with van der Waals surface area (Å²) in [5.41, 5.74) is 0.613. The molecule has 1 heterocycles. The van der Waals surface area contributed by atoms with Gasteiger partial charge in [0.15, 0.2) is 0 Å². The first-order valence-electron chi connectivity index (χ1n) is 9.33. The van der Waals surface area contributed by atoms with Crippen molar-refractivity contribution in [2.24, 2.45) is 22.7 Å². The number of aliphatic hydroxyl groups excluding tert-OH is 1. The first-order valence-corrected chi connectivity index (χ1v) is 9.33. The van der Waals surface area contributed by atoms with Crippen molar-refractivity contribution in [3.63, 3.8) is 0 Å². The minimum atomic E-state index is -0.341. The van der Waals surface area contributed by atoms with E-state index in [1.54, 1.807) is 0 Å². The van der Waals surface area contributed by atoms with Crippen LogP contribution in [0.4, 0.5) is 0 Å². The molecule has 0 spiro atoms. The first kappa shape index (κ1) is 16.7. The Morgan fingerprint density at radius 3 is 2.45 bits per heavy atom. The Hall–Kier alpha value is -0.120. The van der Waals surface area contributed by atoms with Crippen molar-refractivity contribution in [3.8, 4) is 0 Å². The number of piperidine rings is 1. The molecule has 3 heteroatoms. The number of β-amino-alcohol motifs (C(OH)–C–C–N with tert-alkyl or cyclic N) is 1. The van der Waals surface area contributed by atoms with Gasteiger partial charge in [-0.05, 0) is 67.9 Å². The highest BCUT2D eigenvalue weighted by molar-refractivity contribution is 5.09. The molecule has 3 rings (SSSR count). The molecule has 0 aromatic carbocycles. The van der Waals surface area contributed by atoms with E-state index in [1.165, 1.54) is 32.1 Å². The fourth-order valence-electron chi connectivity index (χ4n) is 5.48. The number of hydrogen-bond donors (Lipinski definition) is 1. The molecule has 3 aliphatic rings. The summed E-state index contributed by atoms with van der Waals surface area (Å²) in [6, 6.07) is 0. The van der Waals surface area contributed by atoms with E-state index in [9.17, 15) is 5.11 Å². The fourth-order valence-corrected chi connectivity index (χ4v) is 5.48. The molecule has 2 aliphatic carbocycles. The molecule has 3 nitrogen and oxygen atoms in total. The minimum Gasteiger partial charge on any atom is -0.389 e. The quantitative estimate of drug-likeness (QED) is 0.846. The summed E-state index contributed by atoms with van der Waals surface area (Å²) < 4.78 is 6.30. The lowest BCUT2D eigenvalue weighted by molar-refractivity contribution is -0.114. The lowest BCUT2D eigenvalue weighted by Crippen LogP contribution is -2.45. The number of fused-ring (bicyclic) bond motifs is 2. The average molecular weight is 309 g/mol. The maximum atomic E-state index is 10.4. The van der Waals surface area contributed by atoms with Gasteiger partial charge in [0.2, 0.25) is 0 Å². The van der Waals surface area contributed by atoms with Gasteiger partial charge in [-0.25, -0.2) is 0 Å². The van der Waals surface area contributed by atoms with Crippen molar-refractivity contribution in [1.29, 1.82) is 0 Å². The molecule has 0 aromatic rings. The van der Waals surface area contributed by atoms with Gasteiger partial charge >= 0.3 is 0 Å². The van der Waals surface area contributed by atoms with Gasteiger partial charge in [-0.15, -0.1) is 0 Å². The Morgan fingerprint density at radius 2 is 1.86 bits per heavy atom. The summed E-state index contributed by atoms with van der Waals surface area (Å²) in [6.45, 7) is 13.0. The summed E-state index contributed by atoms with van der Waals surface area (Å²) in [4.78, 5) is 2.40. The Kier molecular flexibility index (Phi) is 4.61. The van der Waals surface area contributed by atoms with Crippen LogP contribution in [0.25, 0.3) is 0 Å². The fraction of sp³-hybridized carbons (Fsp3) is 1.00. The Morgan fingerprint density at radius 1 is 1.18 bits per heavy atom. The standard InChI is InChI=1S/C19H35NO2/c1-14-6-9-20(10-7-14)12-16(21)13-22-17-18(2,3)15-5-8-19(17,4)11-15/h14-17,21H,5-13H2,1-4H3/t15-,16+,17-,19-/m0/s1. The van der Waals surface area contributed by atoms with Crippen molar-refractivity contribution >= 4 is 0 Å². The van der Waals surface area contributed by atoms with E-state index in [0.29, 0.717) is 18.1 Å². The van der Waals surface area contributed by atoms with Crippen LogP contribution in [0.1, 0.15) is 59.8 Å². The van der Waals surface area contributed by atoms with Crippen molar-refractivity contribution < 1.29 is 9.84 Å². The van der Waals surface area contributed by atoms with Crippen LogP contribution < -0.4 is 0 Å². The molecule has 3 fully saturated rings. The zero-order valence-corrected chi connectivity index (χ0v) is 15.0. The van der Waals surface area contributed by atoms with Gasteiger partial charge in [0.05, 0.1) is 18.8 Å². The monoisotopic (exact) mass is 309 g/mol. The Bertz CT molecular complexity index is 384. The third-order valence-corrected chi connectivity index (χ3v) is 6.94. The minimum absolute atomic E-state index is 0.271. The molecule has 1 N–H and O–H groups in total. The number of nitrogens with zero attached hydrogens (tertiary/aromatic N) is 1. The van der Waals surface area contributed by atoms with Crippen molar-refractivity contribution in [2.75, 3.05) is 26.2 Å². The molecule has 22 heavy (non-hydrogen) atoms. The molecule has 4 atom stereocenters. The number of likely N-dealkylation sites (tertiary alicyclic amines) is 1. The van der Waals surface area contributed by atoms with Crippen LogP contribution in [0.2, 0.25) is 0 Å². The van der Waals surface area contributed by atoms with Crippen molar-refractivity contribution in [2.45, 2.75) is 72.0 Å². The van der Waals surface area contributed by atoms with Crippen molar-refractivity contribution in [1.82, 2.24) is 4.90 Å². The highest BCUT2D eigenvalue weighted by Crippen LogP contribution is 2.63. The van der Waals surface area contributed by atoms with Crippen LogP contribution in [-0.2, 0) is 4.74 Å². The molecular weight excluding hydrogens is 274 g/mol. The molecule has 0 amide bonds. The van der Waals surface area contributed by atoms with E-state index >= 15 is 0 Å². The van der Waals surface area contributed by atoms with Gasteiger partial charge in [0.1, 0.15) is 0 Å². The zero-order chi connectivity index (χ0) is 16.0. The predicted molar refractivity (Wildman–Crippen MR) is 89.8 cm³/mol. The van der Waals surface area contributed by atoms with Gasteiger partial charge in [-0.3, -0.25) is 0 Å². The summed E-state index contributed by atoms with van der Waals surface area (Å²) in [5, 5.41) is 10.4. The van der Waals surface area contributed by atoms with Gasteiger partial charge < -0.3 is 14.7 Å². The summed E-state index contributed by atoms with van der Waals surface area (Å²) in [6.07, 6.45) is 6.47. The molecule has 1 saturated heterocycles. The van der Waals surface area contributed by atoms with Gasteiger partial charge in [-0.2, -0.15) is 0 Å². The summed E-state index contributed by atoms with van der Waals surface area (Å²) in [7, 11) is 0.